The number of hydrogen-bond donors (Lipinski definition) is 0. The van der Waals surface area contributed by atoms with E-state index in [-0.39, 0.29) is 4.90 Å². The number of sulfonamides is 1. The lowest BCUT2D eigenvalue weighted by atomic mass is 10.0. The van der Waals surface area contributed by atoms with Gasteiger partial charge in [0.25, 0.3) is 0 Å². The molecule has 21 heavy (non-hydrogen) atoms. The predicted molar refractivity (Wildman–Crippen MR) is 87.0 cm³/mol. The Morgan fingerprint density at radius 3 is 2.62 bits per heavy atom. The summed E-state index contributed by atoms with van der Waals surface area (Å²) in [4.78, 5) is 4.10. The van der Waals surface area contributed by atoms with Gasteiger partial charge < -0.3 is 0 Å². The van der Waals surface area contributed by atoms with Crippen LogP contribution in [0.5, 0.6) is 0 Å². The molecule has 1 saturated heterocycles. The van der Waals surface area contributed by atoms with Gasteiger partial charge in [0.2, 0.25) is 10.0 Å². The maximum absolute atomic E-state index is 12.7. The van der Waals surface area contributed by atoms with Crippen molar-refractivity contribution in [3.05, 3.63) is 22.9 Å². The Labute approximate surface area is 136 Å². The van der Waals surface area contributed by atoms with E-state index in [0.717, 1.165) is 0 Å². The van der Waals surface area contributed by atoms with E-state index in [1.54, 1.807) is 12.3 Å². The first kappa shape index (κ1) is 17.1. The van der Waals surface area contributed by atoms with Crippen molar-refractivity contribution in [2.45, 2.75) is 36.3 Å². The molecule has 0 spiro atoms. The van der Waals surface area contributed by atoms with Crippen LogP contribution in [0.15, 0.2) is 27.8 Å². The van der Waals surface area contributed by atoms with Gasteiger partial charge in [-0.1, -0.05) is 13.8 Å². The molecule has 0 amide bonds. The summed E-state index contributed by atoms with van der Waals surface area (Å²) < 4.78 is 39.4. The minimum atomic E-state index is -3.59. The summed E-state index contributed by atoms with van der Waals surface area (Å²) in [5.74, 6) is 0.391. The average Bonchev–Trinajstić information content (AvgIpc) is 2.48. The van der Waals surface area contributed by atoms with Gasteiger partial charge in [0.15, 0.2) is 0 Å². The van der Waals surface area contributed by atoms with Gasteiger partial charge in [-0.05, 0) is 34.8 Å². The van der Waals surface area contributed by atoms with Crippen LogP contribution in [0.3, 0.4) is 0 Å². The highest BCUT2D eigenvalue weighted by molar-refractivity contribution is 9.10. The molecule has 8 heteroatoms. The molecule has 1 aliphatic heterocycles. The summed E-state index contributed by atoms with van der Waals surface area (Å²) in [5, 5.41) is 0. The SMILES string of the molecule is CCC1(CC)CN(S(=O)(=O)c2cncc(Br)c2)CCS1=O. The van der Waals surface area contributed by atoms with E-state index >= 15 is 0 Å². The molecule has 0 aromatic carbocycles. The molecule has 0 bridgehead atoms. The molecular formula is C13H19BrN2O3S2. The monoisotopic (exact) mass is 394 g/mol. The van der Waals surface area contributed by atoms with Gasteiger partial charge in [0.1, 0.15) is 4.90 Å². The third-order valence-electron chi connectivity index (χ3n) is 4.08. The second kappa shape index (κ2) is 6.44. The molecule has 1 aromatic heterocycles. The Kier molecular flexibility index (Phi) is 5.23. The quantitative estimate of drug-likeness (QED) is 0.784. The van der Waals surface area contributed by atoms with Crippen LogP contribution in [0.2, 0.25) is 0 Å². The fourth-order valence-corrected chi connectivity index (χ4v) is 6.55. The van der Waals surface area contributed by atoms with Crippen LogP contribution in [-0.2, 0) is 20.8 Å². The van der Waals surface area contributed by atoms with E-state index in [1.165, 1.54) is 10.5 Å². The number of hydrogen-bond acceptors (Lipinski definition) is 4. The van der Waals surface area contributed by atoms with Gasteiger partial charge in [0, 0.05) is 46.5 Å². The van der Waals surface area contributed by atoms with Gasteiger partial charge in [0.05, 0.1) is 4.75 Å². The summed E-state index contributed by atoms with van der Waals surface area (Å²) in [7, 11) is -4.58. The number of aromatic nitrogens is 1. The zero-order chi connectivity index (χ0) is 15.7. The van der Waals surface area contributed by atoms with Crippen molar-refractivity contribution in [1.82, 2.24) is 9.29 Å². The van der Waals surface area contributed by atoms with Crippen LogP contribution in [0.1, 0.15) is 26.7 Å². The van der Waals surface area contributed by atoms with Crippen molar-refractivity contribution >= 4 is 36.8 Å². The second-order valence-electron chi connectivity index (χ2n) is 5.12. The van der Waals surface area contributed by atoms with Crippen LogP contribution in [-0.4, -0.2) is 45.5 Å². The zero-order valence-corrected chi connectivity index (χ0v) is 15.3. The van der Waals surface area contributed by atoms with Gasteiger partial charge >= 0.3 is 0 Å². The maximum Gasteiger partial charge on any atom is 0.244 e. The number of rotatable bonds is 4. The van der Waals surface area contributed by atoms with E-state index in [1.807, 2.05) is 13.8 Å². The molecule has 0 N–H and O–H groups in total. The van der Waals surface area contributed by atoms with Crippen molar-refractivity contribution in [2.24, 2.45) is 0 Å². The van der Waals surface area contributed by atoms with E-state index in [4.69, 9.17) is 0 Å². The smallest absolute Gasteiger partial charge is 0.244 e. The summed E-state index contributed by atoms with van der Waals surface area (Å²) >= 11 is 3.24. The van der Waals surface area contributed by atoms with Crippen LogP contribution in [0, 0.1) is 0 Å². The minimum Gasteiger partial charge on any atom is -0.262 e. The van der Waals surface area contributed by atoms with Gasteiger partial charge in [-0.25, -0.2) is 8.42 Å². The summed E-state index contributed by atoms with van der Waals surface area (Å²) in [6.45, 7) is 4.54. The van der Waals surface area contributed by atoms with Crippen LogP contribution in [0.4, 0.5) is 0 Å². The lowest BCUT2D eigenvalue weighted by molar-refractivity contribution is 0.343. The molecule has 118 valence electrons. The third kappa shape index (κ3) is 3.23. The topological polar surface area (TPSA) is 67.3 Å². The Bertz CT molecular complexity index is 645. The fraction of sp³-hybridized carbons (Fsp3) is 0.615. The molecular weight excluding hydrogens is 376 g/mol. The normalized spacial score (nSPS) is 23.1. The molecule has 2 rings (SSSR count). The van der Waals surface area contributed by atoms with Gasteiger partial charge in [-0.15, -0.1) is 0 Å². The molecule has 1 unspecified atom stereocenters. The summed E-state index contributed by atoms with van der Waals surface area (Å²) in [5.41, 5.74) is 0. The van der Waals surface area contributed by atoms with Crippen LogP contribution in [0.25, 0.3) is 0 Å². The highest BCUT2D eigenvalue weighted by Crippen LogP contribution is 2.31. The molecule has 0 aliphatic carbocycles. The number of pyridine rings is 1. The first-order valence-corrected chi connectivity index (χ1v) is 10.4. The molecule has 1 aliphatic rings. The third-order valence-corrected chi connectivity index (χ3v) is 8.55. The Balaban J connectivity index is 2.35. The maximum atomic E-state index is 12.7. The molecule has 1 fully saturated rings. The van der Waals surface area contributed by atoms with Gasteiger partial charge in [-0.3, -0.25) is 9.19 Å². The lowest BCUT2D eigenvalue weighted by Crippen LogP contribution is -2.54. The van der Waals surface area contributed by atoms with Crippen molar-refractivity contribution in [2.75, 3.05) is 18.8 Å². The highest BCUT2D eigenvalue weighted by atomic mass is 79.9. The predicted octanol–water partition coefficient (Wildman–Crippen LogP) is 2.16. The standard InChI is InChI=1S/C13H19BrN2O3S2/c1-3-13(4-2)10-16(5-6-20(13)17)21(18,19)12-7-11(14)8-15-9-12/h7-9H,3-6,10H2,1-2H3. The van der Waals surface area contributed by atoms with Crippen LogP contribution < -0.4 is 0 Å². The van der Waals surface area contributed by atoms with Crippen LogP contribution >= 0.6 is 15.9 Å². The number of halogens is 1. The second-order valence-corrected chi connectivity index (χ2v) is 9.94. The molecule has 1 aromatic rings. The minimum absolute atomic E-state index is 0.172. The van der Waals surface area contributed by atoms with Crippen molar-refractivity contribution < 1.29 is 12.6 Å². The van der Waals surface area contributed by atoms with Crippen molar-refractivity contribution in [3.8, 4) is 0 Å². The van der Waals surface area contributed by atoms with Gasteiger partial charge in [-0.2, -0.15) is 4.31 Å². The summed E-state index contributed by atoms with van der Waals surface area (Å²) in [6.07, 6.45) is 4.32. The Morgan fingerprint density at radius 2 is 2.05 bits per heavy atom. The molecule has 2 heterocycles. The van der Waals surface area contributed by atoms with E-state index in [0.29, 0.717) is 36.2 Å². The first-order chi connectivity index (χ1) is 9.85. The first-order valence-electron chi connectivity index (χ1n) is 6.85. The Hall–Kier alpha value is -0.310. The Morgan fingerprint density at radius 1 is 1.38 bits per heavy atom. The lowest BCUT2D eigenvalue weighted by Gasteiger charge is -2.40. The average molecular weight is 395 g/mol. The highest BCUT2D eigenvalue weighted by Gasteiger charge is 2.42. The van der Waals surface area contributed by atoms with Crippen molar-refractivity contribution in [1.29, 1.82) is 0 Å². The fourth-order valence-electron chi connectivity index (χ4n) is 2.56. The van der Waals surface area contributed by atoms with E-state index in [9.17, 15) is 12.6 Å². The molecule has 1 atom stereocenters. The van der Waals surface area contributed by atoms with E-state index < -0.39 is 25.6 Å². The molecule has 0 saturated carbocycles. The zero-order valence-electron chi connectivity index (χ0n) is 12.1. The molecule has 5 nitrogen and oxygen atoms in total. The van der Waals surface area contributed by atoms with E-state index in [2.05, 4.69) is 20.9 Å². The number of nitrogens with zero attached hydrogens (tertiary/aromatic N) is 2. The summed E-state index contributed by atoms with van der Waals surface area (Å²) in [6, 6.07) is 1.55. The largest absolute Gasteiger partial charge is 0.262 e. The molecule has 0 radical (unpaired) electrons. The van der Waals surface area contributed by atoms with Crippen molar-refractivity contribution in [3.63, 3.8) is 0 Å².